The average molecular weight is 488 g/mol. The van der Waals surface area contributed by atoms with Gasteiger partial charge < -0.3 is 20.0 Å². The molecule has 2 aliphatic heterocycles. The standard InChI is InChI=1S/C28H33N5O3/c1-20-3-2-4-22(15-20)28(35)30-17-27(34)31-23-9-12-33(18-23)25-10-13-32(14-11-25)24-7-5-21(6-8-24)26-16-29-19-36-26/h2-8,15-16,19,23,25H,9-14,17-18H2,1H3,(H,30,35)(H,31,34)/t23-/m1/s1. The summed E-state index contributed by atoms with van der Waals surface area (Å²) in [6.45, 7) is 5.84. The molecule has 1 aromatic heterocycles. The second-order valence-electron chi connectivity index (χ2n) is 9.73. The van der Waals surface area contributed by atoms with Crippen molar-refractivity contribution in [3.63, 3.8) is 0 Å². The SMILES string of the molecule is Cc1cccc(C(=O)NCC(=O)N[C@@H]2CCN(C3CCN(c4ccc(-c5cnco5)cc4)CC3)C2)c1. The molecule has 36 heavy (non-hydrogen) atoms. The lowest BCUT2D eigenvalue weighted by molar-refractivity contribution is -0.120. The van der Waals surface area contributed by atoms with Crippen LogP contribution in [0, 0.1) is 6.92 Å². The lowest BCUT2D eigenvalue weighted by atomic mass is 10.0. The maximum Gasteiger partial charge on any atom is 0.251 e. The molecule has 5 rings (SSSR count). The first kappa shape index (κ1) is 24.1. The number of carbonyl (C=O) groups is 2. The summed E-state index contributed by atoms with van der Waals surface area (Å²) in [5.74, 6) is 0.428. The molecule has 3 heterocycles. The normalized spacial score (nSPS) is 18.8. The van der Waals surface area contributed by atoms with Gasteiger partial charge in [0.15, 0.2) is 12.2 Å². The number of hydrogen-bond acceptors (Lipinski definition) is 6. The van der Waals surface area contributed by atoms with Gasteiger partial charge in [-0.15, -0.1) is 0 Å². The van der Waals surface area contributed by atoms with Gasteiger partial charge >= 0.3 is 0 Å². The van der Waals surface area contributed by atoms with E-state index in [1.54, 1.807) is 12.3 Å². The van der Waals surface area contributed by atoms with Gasteiger partial charge in [0, 0.05) is 55.1 Å². The summed E-state index contributed by atoms with van der Waals surface area (Å²) in [5.41, 5.74) is 3.86. The van der Waals surface area contributed by atoms with Gasteiger partial charge in [-0.25, -0.2) is 4.98 Å². The van der Waals surface area contributed by atoms with Crippen molar-refractivity contribution in [3.05, 3.63) is 72.2 Å². The van der Waals surface area contributed by atoms with E-state index in [9.17, 15) is 9.59 Å². The fourth-order valence-electron chi connectivity index (χ4n) is 5.25. The van der Waals surface area contributed by atoms with Crippen LogP contribution in [-0.2, 0) is 4.79 Å². The Morgan fingerprint density at radius 3 is 2.58 bits per heavy atom. The summed E-state index contributed by atoms with van der Waals surface area (Å²) in [7, 11) is 0. The largest absolute Gasteiger partial charge is 0.444 e. The molecule has 188 valence electrons. The van der Waals surface area contributed by atoms with Gasteiger partial charge in [-0.1, -0.05) is 17.7 Å². The number of nitrogens with one attached hydrogen (secondary N) is 2. The highest BCUT2D eigenvalue weighted by Gasteiger charge is 2.31. The monoisotopic (exact) mass is 487 g/mol. The van der Waals surface area contributed by atoms with Crippen molar-refractivity contribution in [1.29, 1.82) is 0 Å². The van der Waals surface area contributed by atoms with E-state index in [-0.39, 0.29) is 24.4 Å². The third kappa shape index (κ3) is 5.76. The lowest BCUT2D eigenvalue weighted by Crippen LogP contribution is -2.46. The molecule has 3 aromatic rings. The first-order valence-electron chi connectivity index (χ1n) is 12.7. The summed E-state index contributed by atoms with van der Waals surface area (Å²) in [6.07, 6.45) is 6.34. The molecule has 0 unspecified atom stereocenters. The number of benzene rings is 2. The highest BCUT2D eigenvalue weighted by molar-refractivity contribution is 5.96. The third-order valence-corrected chi connectivity index (χ3v) is 7.20. The van der Waals surface area contributed by atoms with E-state index in [0.717, 1.165) is 62.3 Å². The first-order valence-corrected chi connectivity index (χ1v) is 12.7. The number of carbonyl (C=O) groups excluding carboxylic acids is 2. The molecule has 1 atom stereocenters. The van der Waals surface area contributed by atoms with Crippen LogP contribution in [0.1, 0.15) is 35.2 Å². The first-order chi connectivity index (χ1) is 17.5. The van der Waals surface area contributed by atoms with E-state index < -0.39 is 0 Å². The number of hydrogen-bond donors (Lipinski definition) is 2. The number of aryl methyl sites for hydroxylation is 1. The van der Waals surface area contributed by atoms with Gasteiger partial charge in [-0.05, 0) is 62.6 Å². The highest BCUT2D eigenvalue weighted by Crippen LogP contribution is 2.27. The summed E-state index contributed by atoms with van der Waals surface area (Å²) in [4.78, 5) is 33.6. The van der Waals surface area contributed by atoms with Crippen LogP contribution in [0.4, 0.5) is 5.69 Å². The molecule has 0 saturated carbocycles. The lowest BCUT2D eigenvalue weighted by Gasteiger charge is -2.38. The molecule has 2 aliphatic rings. The van der Waals surface area contributed by atoms with E-state index in [1.165, 1.54) is 12.1 Å². The van der Waals surface area contributed by atoms with Crippen molar-refractivity contribution in [2.75, 3.05) is 37.6 Å². The molecule has 8 heteroatoms. The Balaban J connectivity index is 1.04. The van der Waals surface area contributed by atoms with Crippen molar-refractivity contribution in [3.8, 4) is 11.3 Å². The van der Waals surface area contributed by atoms with Crippen LogP contribution >= 0.6 is 0 Å². The molecule has 2 fully saturated rings. The number of rotatable bonds is 7. The Morgan fingerprint density at radius 2 is 1.86 bits per heavy atom. The summed E-state index contributed by atoms with van der Waals surface area (Å²) >= 11 is 0. The minimum atomic E-state index is -0.221. The topological polar surface area (TPSA) is 90.7 Å². The number of nitrogens with zero attached hydrogens (tertiary/aromatic N) is 3. The van der Waals surface area contributed by atoms with Crippen molar-refractivity contribution in [2.45, 2.75) is 38.3 Å². The van der Waals surface area contributed by atoms with Gasteiger partial charge in [-0.2, -0.15) is 0 Å². The van der Waals surface area contributed by atoms with E-state index in [2.05, 4.69) is 49.7 Å². The minimum absolute atomic E-state index is 0.00309. The Kier molecular flexibility index (Phi) is 7.32. The Morgan fingerprint density at radius 1 is 1.06 bits per heavy atom. The predicted molar refractivity (Wildman–Crippen MR) is 139 cm³/mol. The van der Waals surface area contributed by atoms with Gasteiger partial charge in [0.05, 0.1) is 12.7 Å². The molecule has 0 radical (unpaired) electrons. The quantitative estimate of drug-likeness (QED) is 0.532. The number of amides is 2. The van der Waals surface area contributed by atoms with Crippen LogP contribution in [0.15, 0.2) is 65.5 Å². The molecule has 2 aromatic carbocycles. The van der Waals surface area contributed by atoms with E-state index >= 15 is 0 Å². The van der Waals surface area contributed by atoms with Crippen LogP contribution in [0.2, 0.25) is 0 Å². The van der Waals surface area contributed by atoms with Crippen molar-refractivity contribution in [1.82, 2.24) is 20.5 Å². The molecule has 0 bridgehead atoms. The summed E-state index contributed by atoms with van der Waals surface area (Å²) < 4.78 is 5.38. The van der Waals surface area contributed by atoms with E-state index in [0.29, 0.717) is 11.6 Å². The average Bonchev–Trinajstić information content (AvgIpc) is 3.60. The molecular formula is C28H33N5O3. The summed E-state index contributed by atoms with van der Waals surface area (Å²) in [6, 6.07) is 16.5. The zero-order valence-corrected chi connectivity index (χ0v) is 20.7. The predicted octanol–water partition coefficient (Wildman–Crippen LogP) is 3.24. The van der Waals surface area contributed by atoms with Crippen molar-refractivity contribution >= 4 is 17.5 Å². The molecule has 2 N–H and O–H groups in total. The van der Waals surface area contributed by atoms with Crippen LogP contribution < -0.4 is 15.5 Å². The maximum atomic E-state index is 12.4. The molecule has 2 saturated heterocycles. The maximum absolute atomic E-state index is 12.4. The zero-order chi connectivity index (χ0) is 24.9. The molecule has 0 spiro atoms. The fraction of sp³-hybridized carbons (Fsp3) is 0.393. The van der Waals surface area contributed by atoms with Gasteiger partial charge in [-0.3, -0.25) is 14.5 Å². The summed E-state index contributed by atoms with van der Waals surface area (Å²) in [5, 5.41) is 5.83. The minimum Gasteiger partial charge on any atom is -0.444 e. The third-order valence-electron chi connectivity index (χ3n) is 7.20. The van der Waals surface area contributed by atoms with E-state index in [1.807, 2.05) is 25.1 Å². The second-order valence-corrected chi connectivity index (χ2v) is 9.73. The van der Waals surface area contributed by atoms with Crippen LogP contribution in [0.25, 0.3) is 11.3 Å². The Hall–Kier alpha value is -3.65. The smallest absolute Gasteiger partial charge is 0.251 e. The van der Waals surface area contributed by atoms with Crippen LogP contribution in [0.5, 0.6) is 0 Å². The molecular weight excluding hydrogens is 454 g/mol. The van der Waals surface area contributed by atoms with Crippen molar-refractivity contribution in [2.24, 2.45) is 0 Å². The fourth-order valence-corrected chi connectivity index (χ4v) is 5.25. The number of likely N-dealkylation sites (tertiary alicyclic amines) is 1. The number of oxazole rings is 1. The number of piperidine rings is 1. The highest BCUT2D eigenvalue weighted by atomic mass is 16.3. The molecule has 8 nitrogen and oxygen atoms in total. The number of aromatic nitrogens is 1. The zero-order valence-electron chi connectivity index (χ0n) is 20.7. The van der Waals surface area contributed by atoms with E-state index in [4.69, 9.17) is 4.42 Å². The van der Waals surface area contributed by atoms with Gasteiger partial charge in [0.1, 0.15) is 0 Å². The second kappa shape index (κ2) is 11.0. The van der Waals surface area contributed by atoms with Gasteiger partial charge in [0.25, 0.3) is 5.91 Å². The molecule has 0 aliphatic carbocycles. The van der Waals surface area contributed by atoms with Crippen molar-refractivity contribution < 1.29 is 14.0 Å². The van der Waals surface area contributed by atoms with Crippen LogP contribution in [-0.4, -0.2) is 66.5 Å². The van der Waals surface area contributed by atoms with Crippen LogP contribution in [0.3, 0.4) is 0 Å². The van der Waals surface area contributed by atoms with Gasteiger partial charge in [0.2, 0.25) is 5.91 Å². The Labute approximate surface area is 211 Å². The Bertz CT molecular complexity index is 1170. The number of anilines is 1. The molecule has 2 amide bonds.